The second-order valence-electron chi connectivity index (χ2n) is 4.44. The summed E-state index contributed by atoms with van der Waals surface area (Å²) in [5.41, 5.74) is -0.485. The van der Waals surface area contributed by atoms with Crippen LogP contribution in [0.15, 0.2) is 24.3 Å². The molecule has 1 atom stereocenters. The minimum absolute atomic E-state index is 0.0198. The van der Waals surface area contributed by atoms with Gasteiger partial charge in [0.1, 0.15) is 6.56 Å². The number of nitrogens with zero attached hydrogens (tertiary/aromatic N) is 1. The van der Waals surface area contributed by atoms with Crippen LogP contribution in [0.4, 0.5) is 4.79 Å². The molecule has 1 amide bonds. The molecule has 1 saturated heterocycles. The molecular weight excluding hydrogens is 266 g/mol. The summed E-state index contributed by atoms with van der Waals surface area (Å²) in [6.07, 6.45) is -2.96. The third-order valence-corrected chi connectivity index (χ3v) is 2.95. The van der Waals surface area contributed by atoms with Crippen molar-refractivity contribution < 1.29 is 27.4 Å². The van der Waals surface area contributed by atoms with Gasteiger partial charge >= 0.3 is 6.09 Å². The quantitative estimate of drug-likeness (QED) is 0.887. The van der Waals surface area contributed by atoms with Gasteiger partial charge in [-0.2, -0.15) is 0 Å². The van der Waals surface area contributed by atoms with Gasteiger partial charge in [-0.05, 0) is 50.0 Å². The van der Waals surface area contributed by atoms with Crippen molar-refractivity contribution in [2.45, 2.75) is 18.8 Å². The average Bonchev–Trinajstić information content (AvgIpc) is 3.18. The number of fused-ring (bicyclic) bond motifs is 1. The van der Waals surface area contributed by atoms with Gasteiger partial charge in [-0.15, -0.1) is 0 Å². The first-order valence-electron chi connectivity index (χ1n) is 12.7. The molecule has 1 aliphatic rings. The first-order valence-corrected chi connectivity index (χ1v) is 6.17. The summed E-state index contributed by atoms with van der Waals surface area (Å²) < 4.78 is 107. The Morgan fingerprint density at radius 2 is 2.52 bits per heavy atom. The van der Waals surface area contributed by atoms with Crippen LogP contribution in [0.3, 0.4) is 0 Å². The van der Waals surface area contributed by atoms with Crippen molar-refractivity contribution in [1.29, 1.82) is 0 Å². The highest BCUT2D eigenvalue weighted by Crippen LogP contribution is 2.21. The Bertz CT molecular complexity index is 1110. The van der Waals surface area contributed by atoms with Crippen molar-refractivity contribution in [2.24, 2.45) is 0 Å². The summed E-state index contributed by atoms with van der Waals surface area (Å²) >= 11 is 0. The lowest BCUT2D eigenvalue weighted by Crippen LogP contribution is -2.28. The Balaban J connectivity index is 2.12. The average molecular weight is 300 g/mol. The molecule has 1 aromatic heterocycles. The predicted octanol–water partition coefficient (Wildman–Crippen LogP) is 1.92. The van der Waals surface area contributed by atoms with E-state index in [-0.39, 0.29) is 22.9 Å². The van der Waals surface area contributed by atoms with Gasteiger partial charge in [-0.3, -0.25) is 0 Å². The number of rotatable bonds is 5. The van der Waals surface area contributed by atoms with Gasteiger partial charge in [-0.25, -0.2) is 4.79 Å². The molecule has 5 nitrogen and oxygen atoms in total. The smallest absolute Gasteiger partial charge is 0.407 e. The number of carbonyl (C=O) groups is 1. The van der Waals surface area contributed by atoms with Crippen LogP contribution in [-0.4, -0.2) is 49.1 Å². The van der Waals surface area contributed by atoms with Crippen molar-refractivity contribution in [3.05, 3.63) is 35.5 Å². The molecule has 0 aliphatic carbocycles. The molecule has 21 heavy (non-hydrogen) atoms. The van der Waals surface area contributed by atoms with E-state index in [0.29, 0.717) is 4.90 Å². The monoisotopic (exact) mass is 300 g/mol. The van der Waals surface area contributed by atoms with Gasteiger partial charge in [0.25, 0.3) is 0 Å². The second kappa shape index (κ2) is 5.77. The van der Waals surface area contributed by atoms with E-state index in [1.807, 2.05) is 5.32 Å². The number of aromatic nitrogens is 1. The molecule has 2 heterocycles. The minimum atomic E-state index is -2.94. The number of likely N-dealkylation sites (N-methyl/N-ethyl adjacent to an activating group) is 1. The van der Waals surface area contributed by atoms with Gasteiger partial charge in [0.05, 0.1) is 12.9 Å². The number of carbonyl (C=O) groups excluding carboxylic acids is 1. The van der Waals surface area contributed by atoms with Crippen LogP contribution >= 0.6 is 0 Å². The number of H-pyrrole nitrogens is 1. The number of aromatic amines is 1. The fraction of sp³-hybridized carbons (Fsp3) is 0.438. The molecule has 0 bridgehead atoms. The van der Waals surface area contributed by atoms with E-state index < -0.39 is 69.3 Å². The fourth-order valence-corrected chi connectivity index (χ4v) is 1.99. The molecule has 0 radical (unpaired) electrons. The van der Waals surface area contributed by atoms with Crippen LogP contribution in [-0.2, 0) is 17.5 Å². The number of hydrogen-bond donors (Lipinski definition) is 2. The van der Waals surface area contributed by atoms with Crippen molar-refractivity contribution in [3.8, 4) is 0 Å². The van der Waals surface area contributed by atoms with Crippen LogP contribution in [0.25, 0.3) is 10.9 Å². The lowest BCUT2D eigenvalue weighted by Gasteiger charge is -2.09. The molecule has 0 unspecified atom stereocenters. The zero-order valence-electron chi connectivity index (χ0n) is 23.8. The Labute approximate surface area is 142 Å². The molecule has 0 spiro atoms. The van der Waals surface area contributed by atoms with Crippen LogP contribution in [0.2, 0.25) is 0 Å². The molecule has 0 saturated carbocycles. The predicted molar refractivity (Wildman–Crippen MR) is 82.5 cm³/mol. The molecule has 2 aromatic rings. The normalized spacial score (nSPS) is 31.6. The maximum absolute atomic E-state index is 11.5. The van der Waals surface area contributed by atoms with E-state index in [1.54, 1.807) is 0 Å². The maximum atomic E-state index is 11.5. The van der Waals surface area contributed by atoms with E-state index in [4.69, 9.17) is 17.8 Å². The van der Waals surface area contributed by atoms with Crippen molar-refractivity contribution >= 4 is 17.0 Å². The molecule has 1 aromatic carbocycles. The van der Waals surface area contributed by atoms with Crippen molar-refractivity contribution in [1.82, 2.24) is 15.2 Å². The van der Waals surface area contributed by atoms with Gasteiger partial charge in [-0.1, -0.05) is 6.04 Å². The summed E-state index contributed by atoms with van der Waals surface area (Å²) in [6, 6.07) is -3.73. The first-order chi connectivity index (χ1) is 15.3. The lowest BCUT2D eigenvalue weighted by atomic mass is 10.0. The van der Waals surface area contributed by atoms with E-state index in [2.05, 4.69) is 9.72 Å². The largest absolute Gasteiger partial charge is 0.447 e. The SMILES string of the molecule is [2H]c1c(C([2H])([2H])[C@@H]2NC(=O)OC2([2H])[2H])c([2H])c2c(CCN(C([2H])([2H])[2H])C([2H])([2H])[2H])c[nH]c2c1[2H]. The number of ether oxygens (including phenoxy) is 1. The summed E-state index contributed by atoms with van der Waals surface area (Å²) in [5.74, 6) is 0. The summed E-state index contributed by atoms with van der Waals surface area (Å²) in [4.78, 5) is 14.6. The zero-order valence-corrected chi connectivity index (χ0v) is 10.8. The summed E-state index contributed by atoms with van der Waals surface area (Å²) in [7, 11) is 0. The zero-order chi connectivity index (χ0) is 26.0. The number of nitrogens with one attached hydrogen (secondary N) is 2. The highest BCUT2D eigenvalue weighted by atomic mass is 16.6. The number of cyclic esters (lactones) is 1. The Hall–Kier alpha value is -2.01. The van der Waals surface area contributed by atoms with Gasteiger partial charge in [0.2, 0.25) is 0 Å². The number of benzene rings is 1. The second-order valence-corrected chi connectivity index (χ2v) is 4.44. The fourth-order valence-electron chi connectivity index (χ4n) is 1.99. The molecule has 5 heteroatoms. The van der Waals surface area contributed by atoms with Crippen LogP contribution in [0.5, 0.6) is 0 Å². The molecule has 1 fully saturated rings. The van der Waals surface area contributed by atoms with Crippen LogP contribution < -0.4 is 5.32 Å². The third kappa shape index (κ3) is 3.19. The van der Waals surface area contributed by atoms with Crippen LogP contribution in [0.1, 0.15) is 28.9 Å². The van der Waals surface area contributed by atoms with Gasteiger partial charge < -0.3 is 19.9 Å². The highest BCUT2D eigenvalue weighted by molar-refractivity contribution is 5.84. The first kappa shape index (κ1) is 5.32. The lowest BCUT2D eigenvalue weighted by molar-refractivity contribution is 0.177. The molecular formula is C16H21N3O2. The van der Waals surface area contributed by atoms with E-state index in [1.165, 1.54) is 6.20 Å². The number of hydrogen-bond acceptors (Lipinski definition) is 3. The Morgan fingerprint density at radius 3 is 3.29 bits per heavy atom. The minimum Gasteiger partial charge on any atom is -0.447 e. The van der Waals surface area contributed by atoms with Gasteiger partial charge in [0.15, 0.2) is 0 Å². The standard InChI is InChI=1S/C16H21N3O2/c1-19(2)6-5-12-9-17-15-4-3-11(8-14(12)15)7-13-10-21-16(20)18-13/h3-4,8-9,13,17H,5-7,10H2,1-2H3,(H,18,20)/t13-/m0/s1/i1D3,2D3,3D,4D,7D2,8D,10D2. The van der Waals surface area contributed by atoms with E-state index >= 15 is 0 Å². The third-order valence-electron chi connectivity index (χ3n) is 2.95. The molecule has 2 N–H and O–H groups in total. The Kier molecular flexibility index (Phi) is 1.46. The molecule has 3 rings (SSSR count). The summed E-state index contributed by atoms with van der Waals surface area (Å²) in [5, 5.41) is 1.97. The van der Waals surface area contributed by atoms with E-state index in [9.17, 15) is 4.79 Å². The van der Waals surface area contributed by atoms with E-state index in [0.717, 1.165) is 0 Å². The topological polar surface area (TPSA) is 57.4 Å². The van der Waals surface area contributed by atoms with Crippen molar-refractivity contribution in [3.63, 3.8) is 0 Å². The molecule has 112 valence electrons. The molecule has 1 aliphatic heterocycles. The van der Waals surface area contributed by atoms with Crippen LogP contribution in [0, 0.1) is 0 Å². The number of alkyl carbamates (subject to hydrolysis) is 1. The van der Waals surface area contributed by atoms with Crippen molar-refractivity contribution in [2.75, 3.05) is 27.1 Å². The number of amides is 1. The summed E-state index contributed by atoms with van der Waals surface area (Å²) in [6.45, 7) is -9.17. The Morgan fingerprint density at radius 1 is 1.62 bits per heavy atom. The highest BCUT2D eigenvalue weighted by Gasteiger charge is 2.22. The maximum Gasteiger partial charge on any atom is 0.407 e. The van der Waals surface area contributed by atoms with Gasteiger partial charge in [0, 0.05) is 34.6 Å².